The number of benzene rings is 2. The molecule has 132 valence electrons. The largest absolute Gasteiger partial charge is 0.492 e. The Morgan fingerprint density at radius 2 is 2.12 bits per heavy atom. The molecule has 0 amide bonds. The number of hydrogen-bond donors (Lipinski definition) is 1. The fourth-order valence-corrected chi connectivity index (χ4v) is 3.82. The van der Waals surface area contributed by atoms with Crippen LogP contribution in [0.2, 0.25) is 0 Å². The van der Waals surface area contributed by atoms with Crippen LogP contribution < -0.4 is 9.47 Å². The van der Waals surface area contributed by atoms with Crippen LogP contribution in [0, 0.1) is 0 Å². The molecule has 1 N–H and O–H groups in total. The topological polar surface area (TPSA) is 68.7 Å². The molecule has 1 atom stereocenters. The van der Waals surface area contributed by atoms with Crippen LogP contribution in [-0.2, 0) is 11.4 Å². The van der Waals surface area contributed by atoms with E-state index in [-0.39, 0.29) is 12.3 Å². The number of nitrogens with zero attached hydrogens (tertiary/aromatic N) is 1. The lowest BCUT2D eigenvalue weighted by Crippen LogP contribution is -2.07. The van der Waals surface area contributed by atoms with Crippen molar-refractivity contribution in [3.63, 3.8) is 0 Å². The summed E-state index contributed by atoms with van der Waals surface area (Å²) in [6.45, 7) is 0.785. The molecule has 0 saturated heterocycles. The van der Waals surface area contributed by atoms with E-state index < -0.39 is 5.97 Å². The molecule has 5 nitrogen and oxygen atoms in total. The second-order valence-electron chi connectivity index (χ2n) is 6.08. The molecule has 1 aromatic heterocycles. The normalized spacial score (nSPS) is 15.3. The molecule has 2 heterocycles. The van der Waals surface area contributed by atoms with Crippen molar-refractivity contribution in [2.45, 2.75) is 18.9 Å². The first kappa shape index (κ1) is 16.6. The molecule has 26 heavy (non-hydrogen) atoms. The van der Waals surface area contributed by atoms with E-state index in [9.17, 15) is 4.79 Å². The van der Waals surface area contributed by atoms with Gasteiger partial charge in [-0.2, -0.15) is 0 Å². The highest BCUT2D eigenvalue weighted by Crippen LogP contribution is 2.38. The van der Waals surface area contributed by atoms with Gasteiger partial charge in [-0.1, -0.05) is 36.4 Å². The quantitative estimate of drug-likeness (QED) is 0.702. The van der Waals surface area contributed by atoms with E-state index >= 15 is 0 Å². The van der Waals surface area contributed by atoms with Crippen LogP contribution in [0.25, 0.3) is 10.4 Å². The van der Waals surface area contributed by atoms with Crippen LogP contribution in [0.3, 0.4) is 0 Å². The standard InChI is InChI=1S/C20H17NO4S/c22-20(23)8-14-11-25-17-9-15(6-7-16(14)17)24-12-19-21-10-18(26-19)13-4-2-1-3-5-13/h1-7,9-10,14H,8,11-12H2,(H,22,23). The number of carboxylic acids is 1. The Labute approximate surface area is 154 Å². The number of thiazole rings is 1. The van der Waals surface area contributed by atoms with Gasteiger partial charge in [-0.05, 0) is 11.6 Å². The molecule has 0 saturated carbocycles. The van der Waals surface area contributed by atoms with Gasteiger partial charge in [0.1, 0.15) is 23.1 Å². The highest BCUT2D eigenvalue weighted by Gasteiger charge is 2.26. The average molecular weight is 367 g/mol. The van der Waals surface area contributed by atoms with E-state index in [2.05, 4.69) is 17.1 Å². The minimum absolute atomic E-state index is 0.0780. The van der Waals surface area contributed by atoms with E-state index in [1.54, 1.807) is 11.3 Å². The minimum Gasteiger partial charge on any atom is -0.492 e. The van der Waals surface area contributed by atoms with Gasteiger partial charge in [-0.15, -0.1) is 11.3 Å². The van der Waals surface area contributed by atoms with E-state index in [0.29, 0.717) is 24.7 Å². The average Bonchev–Trinajstić information content (AvgIpc) is 3.27. The highest BCUT2D eigenvalue weighted by atomic mass is 32.1. The van der Waals surface area contributed by atoms with E-state index in [1.807, 2.05) is 42.6 Å². The van der Waals surface area contributed by atoms with Crippen molar-refractivity contribution >= 4 is 17.3 Å². The lowest BCUT2D eigenvalue weighted by atomic mass is 9.98. The van der Waals surface area contributed by atoms with Gasteiger partial charge in [0.15, 0.2) is 0 Å². The molecule has 6 heteroatoms. The monoisotopic (exact) mass is 367 g/mol. The second kappa shape index (κ2) is 7.17. The summed E-state index contributed by atoms with van der Waals surface area (Å²) in [5.74, 6) is 0.489. The lowest BCUT2D eigenvalue weighted by molar-refractivity contribution is -0.137. The van der Waals surface area contributed by atoms with Gasteiger partial charge in [0.05, 0.1) is 17.9 Å². The molecule has 1 unspecified atom stereocenters. The summed E-state index contributed by atoms with van der Waals surface area (Å²) in [7, 11) is 0. The molecule has 3 aromatic rings. The summed E-state index contributed by atoms with van der Waals surface area (Å²) >= 11 is 1.61. The smallest absolute Gasteiger partial charge is 0.304 e. The number of ether oxygens (including phenoxy) is 2. The predicted molar refractivity (Wildman–Crippen MR) is 98.8 cm³/mol. The Kier molecular flexibility index (Phi) is 4.58. The molecule has 0 aliphatic carbocycles. The molecular formula is C20H17NO4S. The molecule has 0 spiro atoms. The zero-order valence-electron chi connectivity index (χ0n) is 13.9. The minimum atomic E-state index is -0.815. The summed E-state index contributed by atoms with van der Waals surface area (Å²) in [5.41, 5.74) is 2.08. The fourth-order valence-electron chi connectivity index (χ4n) is 2.98. The first-order chi connectivity index (χ1) is 12.7. The van der Waals surface area contributed by atoms with E-state index in [4.69, 9.17) is 14.6 Å². The zero-order valence-corrected chi connectivity index (χ0v) is 14.7. The van der Waals surface area contributed by atoms with Crippen LogP contribution >= 0.6 is 11.3 Å². The number of carbonyl (C=O) groups is 1. The number of carboxylic acid groups (broad SMARTS) is 1. The maximum Gasteiger partial charge on any atom is 0.304 e. The van der Waals surface area contributed by atoms with Crippen molar-refractivity contribution in [2.75, 3.05) is 6.61 Å². The molecule has 0 fully saturated rings. The Morgan fingerprint density at radius 3 is 2.92 bits per heavy atom. The van der Waals surface area contributed by atoms with E-state index in [0.717, 1.165) is 21.0 Å². The van der Waals surface area contributed by atoms with Gasteiger partial charge in [-0.3, -0.25) is 4.79 Å². The number of hydrogen-bond acceptors (Lipinski definition) is 5. The fraction of sp³-hybridized carbons (Fsp3) is 0.200. The summed E-state index contributed by atoms with van der Waals surface area (Å²) < 4.78 is 11.4. The van der Waals surface area contributed by atoms with Crippen molar-refractivity contribution < 1.29 is 19.4 Å². The molecule has 0 radical (unpaired) electrons. The van der Waals surface area contributed by atoms with Crippen molar-refractivity contribution in [3.8, 4) is 21.9 Å². The first-order valence-electron chi connectivity index (χ1n) is 8.30. The molecule has 1 aliphatic rings. The van der Waals surface area contributed by atoms with Crippen LogP contribution in [0.5, 0.6) is 11.5 Å². The van der Waals surface area contributed by atoms with Crippen molar-refractivity contribution in [1.29, 1.82) is 0 Å². The van der Waals surface area contributed by atoms with Crippen LogP contribution in [0.1, 0.15) is 22.9 Å². The summed E-state index contributed by atoms with van der Waals surface area (Å²) in [6, 6.07) is 15.7. The molecular weight excluding hydrogens is 350 g/mol. The maximum absolute atomic E-state index is 10.9. The van der Waals surface area contributed by atoms with Gasteiger partial charge in [0, 0.05) is 23.7 Å². The van der Waals surface area contributed by atoms with Gasteiger partial charge >= 0.3 is 5.97 Å². The third kappa shape index (κ3) is 3.55. The van der Waals surface area contributed by atoms with Crippen LogP contribution in [0.4, 0.5) is 0 Å². The second-order valence-corrected chi connectivity index (χ2v) is 7.19. The summed E-state index contributed by atoms with van der Waals surface area (Å²) in [6.07, 6.45) is 1.94. The third-order valence-electron chi connectivity index (χ3n) is 4.26. The third-order valence-corrected chi connectivity index (χ3v) is 5.28. The number of aliphatic carboxylic acids is 1. The summed E-state index contributed by atoms with van der Waals surface area (Å²) in [5, 5.41) is 9.86. The Balaban J connectivity index is 1.42. The number of rotatable bonds is 6. The predicted octanol–water partition coefficient (Wildman–Crippen LogP) is 4.34. The number of aromatic nitrogens is 1. The molecule has 0 bridgehead atoms. The van der Waals surface area contributed by atoms with E-state index in [1.165, 1.54) is 0 Å². The Hall–Kier alpha value is -2.86. The molecule has 1 aliphatic heterocycles. The van der Waals surface area contributed by atoms with Crippen LogP contribution in [-0.4, -0.2) is 22.7 Å². The van der Waals surface area contributed by atoms with Gasteiger partial charge in [-0.25, -0.2) is 4.98 Å². The van der Waals surface area contributed by atoms with Crippen molar-refractivity contribution in [3.05, 3.63) is 65.3 Å². The van der Waals surface area contributed by atoms with Gasteiger partial charge < -0.3 is 14.6 Å². The van der Waals surface area contributed by atoms with Crippen molar-refractivity contribution in [2.24, 2.45) is 0 Å². The molecule has 2 aromatic carbocycles. The highest BCUT2D eigenvalue weighted by molar-refractivity contribution is 7.15. The first-order valence-corrected chi connectivity index (χ1v) is 9.12. The maximum atomic E-state index is 10.9. The Morgan fingerprint density at radius 1 is 1.27 bits per heavy atom. The lowest BCUT2D eigenvalue weighted by Gasteiger charge is -2.07. The summed E-state index contributed by atoms with van der Waals surface area (Å²) in [4.78, 5) is 16.4. The molecule has 4 rings (SSSR count). The Bertz CT molecular complexity index is 923. The van der Waals surface area contributed by atoms with Crippen molar-refractivity contribution in [1.82, 2.24) is 4.98 Å². The van der Waals surface area contributed by atoms with Gasteiger partial charge in [0.2, 0.25) is 0 Å². The van der Waals surface area contributed by atoms with Crippen LogP contribution in [0.15, 0.2) is 54.7 Å². The van der Waals surface area contributed by atoms with Gasteiger partial charge in [0.25, 0.3) is 0 Å². The number of fused-ring (bicyclic) bond motifs is 1. The zero-order chi connectivity index (χ0) is 17.9. The SMILES string of the molecule is O=C(O)CC1COc2cc(OCc3ncc(-c4ccccc4)s3)ccc21.